The molecule has 15 heavy (non-hydrogen) atoms. The number of rotatable bonds is 2. The molecule has 0 atom stereocenters. The van der Waals surface area contributed by atoms with Gasteiger partial charge in [-0.05, 0) is 30.0 Å². The van der Waals surface area contributed by atoms with Crippen LogP contribution in [0, 0.1) is 5.92 Å². The highest BCUT2D eigenvalue weighted by Crippen LogP contribution is 2.26. The van der Waals surface area contributed by atoms with Crippen LogP contribution in [0.15, 0.2) is 34.9 Å². The van der Waals surface area contributed by atoms with E-state index in [2.05, 4.69) is 53.0 Å². The zero-order valence-corrected chi connectivity index (χ0v) is 10.6. The summed E-state index contributed by atoms with van der Waals surface area (Å²) in [4.78, 5) is 4.47. The van der Waals surface area contributed by atoms with Crippen molar-refractivity contribution in [3.8, 4) is 0 Å². The Balaban J connectivity index is 2.61. The van der Waals surface area contributed by atoms with E-state index in [-0.39, 0.29) is 0 Å². The maximum Gasteiger partial charge on any atom is 0.0745 e. The van der Waals surface area contributed by atoms with Crippen LogP contribution in [0.4, 0.5) is 0 Å². The fourth-order valence-electron chi connectivity index (χ4n) is 1.80. The molecule has 0 N–H and O–H groups in total. The fourth-order valence-corrected chi connectivity index (χ4v) is 2.25. The minimum Gasteiger partial charge on any atom is -0.256 e. The Morgan fingerprint density at radius 1 is 1.27 bits per heavy atom. The zero-order chi connectivity index (χ0) is 10.8. The molecule has 0 aliphatic rings. The second kappa shape index (κ2) is 4.31. The number of fused-ring (bicyclic) bond motifs is 1. The van der Waals surface area contributed by atoms with Gasteiger partial charge in [-0.3, -0.25) is 4.98 Å². The van der Waals surface area contributed by atoms with Crippen molar-refractivity contribution in [3.05, 3.63) is 40.5 Å². The summed E-state index contributed by atoms with van der Waals surface area (Å²) in [5.74, 6) is 0.663. The van der Waals surface area contributed by atoms with Crippen molar-refractivity contribution in [2.75, 3.05) is 0 Å². The fraction of sp³-hybridized carbons (Fsp3) is 0.308. The Kier molecular flexibility index (Phi) is 3.06. The molecular weight excluding hydrogens is 250 g/mol. The number of halogens is 1. The molecule has 78 valence electrons. The van der Waals surface area contributed by atoms with Crippen LogP contribution in [0.1, 0.15) is 19.4 Å². The molecule has 0 amide bonds. The lowest BCUT2D eigenvalue weighted by molar-refractivity contribution is 0.649. The average molecular weight is 264 g/mol. The Morgan fingerprint density at radius 3 is 2.80 bits per heavy atom. The standard InChI is InChI=1S/C13H14BrN/c1-9(2)8-10-5-6-12(14)11-4-3-7-15-13(10)11/h3-7,9H,8H2,1-2H3. The van der Waals surface area contributed by atoms with Gasteiger partial charge in [0.1, 0.15) is 0 Å². The zero-order valence-electron chi connectivity index (χ0n) is 9.00. The molecule has 1 nitrogen and oxygen atoms in total. The van der Waals surface area contributed by atoms with Gasteiger partial charge in [0.05, 0.1) is 5.52 Å². The molecule has 1 aromatic heterocycles. The lowest BCUT2D eigenvalue weighted by atomic mass is 10.0. The summed E-state index contributed by atoms with van der Waals surface area (Å²) in [6.45, 7) is 4.47. The maximum atomic E-state index is 4.47. The van der Waals surface area contributed by atoms with Gasteiger partial charge >= 0.3 is 0 Å². The Morgan fingerprint density at radius 2 is 2.07 bits per heavy atom. The van der Waals surface area contributed by atoms with Gasteiger partial charge in [-0.15, -0.1) is 0 Å². The van der Waals surface area contributed by atoms with Crippen molar-refractivity contribution in [1.29, 1.82) is 0 Å². The second-order valence-electron chi connectivity index (χ2n) is 4.20. The summed E-state index contributed by atoms with van der Waals surface area (Å²) in [7, 11) is 0. The van der Waals surface area contributed by atoms with E-state index in [0.29, 0.717) is 5.92 Å². The first-order valence-electron chi connectivity index (χ1n) is 5.20. The molecule has 0 fully saturated rings. The summed E-state index contributed by atoms with van der Waals surface area (Å²) in [6, 6.07) is 8.36. The quantitative estimate of drug-likeness (QED) is 0.792. The van der Waals surface area contributed by atoms with Gasteiger partial charge in [-0.2, -0.15) is 0 Å². The molecule has 0 spiro atoms. The lowest BCUT2D eigenvalue weighted by Gasteiger charge is -2.09. The highest BCUT2D eigenvalue weighted by molar-refractivity contribution is 9.10. The third-order valence-electron chi connectivity index (χ3n) is 2.43. The van der Waals surface area contributed by atoms with Gasteiger partial charge in [0.25, 0.3) is 0 Å². The van der Waals surface area contributed by atoms with Crippen molar-refractivity contribution < 1.29 is 0 Å². The molecule has 0 saturated carbocycles. The molecule has 0 aliphatic carbocycles. The summed E-state index contributed by atoms with van der Waals surface area (Å²) in [5.41, 5.74) is 2.46. The summed E-state index contributed by atoms with van der Waals surface area (Å²) in [5, 5.41) is 1.20. The maximum absolute atomic E-state index is 4.47. The van der Waals surface area contributed by atoms with E-state index in [0.717, 1.165) is 16.4 Å². The van der Waals surface area contributed by atoms with Gasteiger partial charge in [0, 0.05) is 16.1 Å². The molecule has 0 unspecified atom stereocenters. The second-order valence-corrected chi connectivity index (χ2v) is 5.06. The predicted molar refractivity (Wildman–Crippen MR) is 68.0 cm³/mol. The first-order chi connectivity index (χ1) is 7.18. The van der Waals surface area contributed by atoms with Gasteiger partial charge in [0.2, 0.25) is 0 Å². The molecule has 2 heteroatoms. The average Bonchev–Trinajstić information content (AvgIpc) is 2.22. The van der Waals surface area contributed by atoms with Crippen LogP contribution in [0.2, 0.25) is 0 Å². The number of pyridine rings is 1. The van der Waals surface area contributed by atoms with E-state index in [4.69, 9.17) is 0 Å². The van der Waals surface area contributed by atoms with Crippen molar-refractivity contribution in [1.82, 2.24) is 4.98 Å². The monoisotopic (exact) mass is 263 g/mol. The first kappa shape index (κ1) is 10.6. The SMILES string of the molecule is CC(C)Cc1ccc(Br)c2cccnc12. The Bertz CT molecular complexity index is 477. The molecule has 0 saturated heterocycles. The summed E-state index contributed by atoms with van der Waals surface area (Å²) >= 11 is 3.56. The van der Waals surface area contributed by atoms with E-state index < -0.39 is 0 Å². The number of nitrogens with zero attached hydrogens (tertiary/aromatic N) is 1. The van der Waals surface area contributed by atoms with Crippen LogP contribution in [-0.4, -0.2) is 4.98 Å². The van der Waals surface area contributed by atoms with Crippen LogP contribution >= 0.6 is 15.9 Å². The van der Waals surface area contributed by atoms with Crippen molar-refractivity contribution in [2.45, 2.75) is 20.3 Å². The van der Waals surface area contributed by atoms with Gasteiger partial charge in [-0.25, -0.2) is 0 Å². The van der Waals surface area contributed by atoms with Gasteiger partial charge in [0.15, 0.2) is 0 Å². The van der Waals surface area contributed by atoms with E-state index in [9.17, 15) is 0 Å². The molecule has 1 aromatic carbocycles. The smallest absolute Gasteiger partial charge is 0.0745 e. The van der Waals surface area contributed by atoms with Gasteiger partial charge in [-0.1, -0.05) is 41.9 Å². The van der Waals surface area contributed by atoms with E-state index in [1.165, 1.54) is 10.9 Å². The highest BCUT2D eigenvalue weighted by atomic mass is 79.9. The molecule has 0 aliphatic heterocycles. The van der Waals surface area contributed by atoms with E-state index in [1.54, 1.807) is 0 Å². The number of benzene rings is 1. The third kappa shape index (κ3) is 2.20. The van der Waals surface area contributed by atoms with Crippen LogP contribution < -0.4 is 0 Å². The highest BCUT2D eigenvalue weighted by Gasteiger charge is 2.06. The summed E-state index contributed by atoms with van der Waals surface area (Å²) < 4.78 is 1.12. The molecule has 2 rings (SSSR count). The van der Waals surface area contributed by atoms with Crippen LogP contribution in [-0.2, 0) is 6.42 Å². The molecule has 0 radical (unpaired) electrons. The van der Waals surface area contributed by atoms with Crippen molar-refractivity contribution >= 4 is 26.8 Å². The third-order valence-corrected chi connectivity index (χ3v) is 3.12. The van der Waals surface area contributed by atoms with E-state index in [1.807, 2.05) is 12.3 Å². The number of hydrogen-bond donors (Lipinski definition) is 0. The minimum atomic E-state index is 0.663. The molecule has 0 bridgehead atoms. The normalized spacial score (nSPS) is 11.2. The summed E-state index contributed by atoms with van der Waals surface area (Å²) in [6.07, 6.45) is 2.94. The van der Waals surface area contributed by atoms with E-state index >= 15 is 0 Å². The Hall–Kier alpha value is -0.890. The largest absolute Gasteiger partial charge is 0.256 e. The van der Waals surface area contributed by atoms with Gasteiger partial charge < -0.3 is 0 Å². The number of hydrogen-bond acceptors (Lipinski definition) is 1. The molecular formula is C13H14BrN. The van der Waals surface area contributed by atoms with Crippen LogP contribution in [0.25, 0.3) is 10.9 Å². The lowest BCUT2D eigenvalue weighted by Crippen LogP contribution is -1.96. The minimum absolute atomic E-state index is 0.663. The Labute approximate surface area is 98.7 Å². The number of aromatic nitrogens is 1. The van der Waals surface area contributed by atoms with Crippen LogP contribution in [0.5, 0.6) is 0 Å². The topological polar surface area (TPSA) is 12.9 Å². The first-order valence-corrected chi connectivity index (χ1v) is 6.00. The molecule has 1 heterocycles. The predicted octanol–water partition coefficient (Wildman–Crippen LogP) is 4.20. The van der Waals surface area contributed by atoms with Crippen molar-refractivity contribution in [2.24, 2.45) is 5.92 Å². The van der Waals surface area contributed by atoms with Crippen molar-refractivity contribution in [3.63, 3.8) is 0 Å². The molecule has 2 aromatic rings. The van der Waals surface area contributed by atoms with Crippen LogP contribution in [0.3, 0.4) is 0 Å².